The Balaban J connectivity index is 3.30. The van der Waals surface area contributed by atoms with Crippen LogP contribution in [-0.4, -0.2) is 4.98 Å². The fourth-order valence-corrected chi connectivity index (χ4v) is 1.42. The minimum atomic E-state index is -2.92. The van der Waals surface area contributed by atoms with Crippen LogP contribution in [0.25, 0.3) is 0 Å². The van der Waals surface area contributed by atoms with Crippen LogP contribution >= 0.6 is 27.5 Å². The summed E-state index contributed by atoms with van der Waals surface area (Å²) in [7, 11) is 0. The topological polar surface area (TPSA) is 12.9 Å². The van der Waals surface area contributed by atoms with Gasteiger partial charge in [0.25, 0.3) is 6.43 Å². The summed E-state index contributed by atoms with van der Waals surface area (Å²) >= 11 is 8.28. The molecule has 1 rings (SSSR count). The van der Waals surface area contributed by atoms with Crippen LogP contribution in [0.4, 0.5) is 13.2 Å². The predicted molar refractivity (Wildman–Crippen MR) is 46.8 cm³/mol. The zero-order valence-electron chi connectivity index (χ0n) is 6.20. The second-order valence-corrected chi connectivity index (χ2v) is 3.18. The monoisotopic (exact) mass is 273 g/mol. The quantitative estimate of drug-likeness (QED) is 0.749. The van der Waals surface area contributed by atoms with Crippen molar-refractivity contribution < 1.29 is 13.2 Å². The molecule has 72 valence electrons. The molecule has 0 amide bonds. The molecule has 1 aromatic rings. The summed E-state index contributed by atoms with van der Waals surface area (Å²) in [5.74, 6) is -1.04. The second-order valence-electron chi connectivity index (χ2n) is 2.21. The zero-order valence-corrected chi connectivity index (χ0v) is 8.54. The summed E-state index contributed by atoms with van der Waals surface area (Å²) in [6.07, 6.45) is -1.91. The molecule has 0 unspecified atom stereocenters. The Morgan fingerprint density at radius 1 is 1.54 bits per heavy atom. The van der Waals surface area contributed by atoms with Gasteiger partial charge in [-0.15, -0.1) is 0 Å². The van der Waals surface area contributed by atoms with Crippen molar-refractivity contribution in [2.45, 2.75) is 11.8 Å². The highest BCUT2D eigenvalue weighted by Crippen LogP contribution is 2.30. The smallest absolute Gasteiger partial charge is 0.256 e. The number of aromatic nitrogens is 1. The van der Waals surface area contributed by atoms with Crippen molar-refractivity contribution in [3.05, 3.63) is 28.3 Å². The van der Waals surface area contributed by atoms with Crippen LogP contribution in [0.5, 0.6) is 0 Å². The standard InChI is InChI=1S/C7H4BrClF3N/c8-1-4-6(10)5(7(11)12)3(9)2-13-4/h2,7H,1H2. The van der Waals surface area contributed by atoms with Crippen molar-refractivity contribution in [3.8, 4) is 0 Å². The molecular weight excluding hydrogens is 270 g/mol. The SMILES string of the molecule is Fc1c(CBr)ncc(Cl)c1C(F)F. The molecule has 0 aromatic carbocycles. The minimum absolute atomic E-state index is 0.0697. The molecule has 0 bridgehead atoms. The molecule has 1 heterocycles. The lowest BCUT2D eigenvalue weighted by Crippen LogP contribution is -1.99. The molecule has 0 saturated heterocycles. The summed E-state index contributed by atoms with van der Waals surface area (Å²) in [6.45, 7) is 0. The lowest BCUT2D eigenvalue weighted by molar-refractivity contribution is 0.146. The van der Waals surface area contributed by atoms with Gasteiger partial charge in [0, 0.05) is 11.5 Å². The molecule has 0 aliphatic carbocycles. The molecule has 0 saturated carbocycles. The Labute approximate surface area is 86.0 Å². The van der Waals surface area contributed by atoms with Gasteiger partial charge in [-0.25, -0.2) is 13.2 Å². The molecule has 0 spiro atoms. The summed E-state index contributed by atoms with van der Waals surface area (Å²) < 4.78 is 37.6. The van der Waals surface area contributed by atoms with E-state index in [1.165, 1.54) is 0 Å². The first-order valence-corrected chi connectivity index (χ1v) is 4.74. The highest BCUT2D eigenvalue weighted by atomic mass is 79.9. The number of nitrogens with zero attached hydrogens (tertiary/aromatic N) is 1. The van der Waals surface area contributed by atoms with E-state index in [9.17, 15) is 13.2 Å². The van der Waals surface area contributed by atoms with Gasteiger partial charge < -0.3 is 0 Å². The molecule has 0 atom stereocenters. The van der Waals surface area contributed by atoms with Gasteiger partial charge in [-0.3, -0.25) is 4.98 Å². The Morgan fingerprint density at radius 2 is 2.15 bits per heavy atom. The van der Waals surface area contributed by atoms with E-state index in [1.54, 1.807) is 0 Å². The molecule has 0 aliphatic heterocycles. The number of rotatable bonds is 2. The van der Waals surface area contributed by atoms with Crippen molar-refractivity contribution in [3.63, 3.8) is 0 Å². The van der Waals surface area contributed by atoms with Crippen LogP contribution < -0.4 is 0 Å². The van der Waals surface area contributed by atoms with E-state index < -0.39 is 17.8 Å². The van der Waals surface area contributed by atoms with E-state index in [4.69, 9.17) is 11.6 Å². The average Bonchev–Trinajstić information content (AvgIpc) is 2.04. The largest absolute Gasteiger partial charge is 0.268 e. The van der Waals surface area contributed by atoms with E-state index in [0.717, 1.165) is 6.20 Å². The normalized spacial score (nSPS) is 10.9. The molecule has 6 heteroatoms. The molecule has 1 nitrogen and oxygen atoms in total. The molecule has 0 N–H and O–H groups in total. The van der Waals surface area contributed by atoms with E-state index >= 15 is 0 Å². The van der Waals surface area contributed by atoms with Crippen molar-refractivity contribution in [2.75, 3.05) is 0 Å². The summed E-state index contributed by atoms with van der Waals surface area (Å²) in [5.41, 5.74) is -0.856. The number of hydrogen-bond acceptors (Lipinski definition) is 1. The minimum Gasteiger partial charge on any atom is -0.256 e. The number of alkyl halides is 3. The van der Waals surface area contributed by atoms with Gasteiger partial charge in [0.2, 0.25) is 0 Å². The Hall–Kier alpha value is -0.290. The maximum atomic E-state index is 13.1. The van der Waals surface area contributed by atoms with E-state index in [-0.39, 0.29) is 16.0 Å². The van der Waals surface area contributed by atoms with Crippen LogP contribution in [0.2, 0.25) is 5.02 Å². The van der Waals surface area contributed by atoms with Crippen molar-refractivity contribution in [2.24, 2.45) is 0 Å². The third kappa shape index (κ3) is 2.14. The average molecular weight is 274 g/mol. The zero-order chi connectivity index (χ0) is 10.0. The molecule has 0 fully saturated rings. The number of halogens is 5. The van der Waals surface area contributed by atoms with Crippen LogP contribution in [0.1, 0.15) is 17.7 Å². The van der Waals surface area contributed by atoms with Crippen molar-refractivity contribution in [1.29, 1.82) is 0 Å². The van der Waals surface area contributed by atoms with Gasteiger partial charge in [-0.05, 0) is 0 Å². The Kier molecular flexibility index (Phi) is 3.55. The van der Waals surface area contributed by atoms with Gasteiger partial charge in [0.1, 0.15) is 0 Å². The molecule has 0 aliphatic rings. The fraction of sp³-hybridized carbons (Fsp3) is 0.286. The third-order valence-corrected chi connectivity index (χ3v) is 2.26. The van der Waals surface area contributed by atoms with Crippen LogP contribution in [-0.2, 0) is 5.33 Å². The van der Waals surface area contributed by atoms with Crippen molar-refractivity contribution in [1.82, 2.24) is 4.98 Å². The van der Waals surface area contributed by atoms with E-state index in [0.29, 0.717) is 0 Å². The predicted octanol–water partition coefficient (Wildman–Crippen LogP) is 3.71. The maximum absolute atomic E-state index is 13.1. The molecule has 13 heavy (non-hydrogen) atoms. The number of hydrogen-bond donors (Lipinski definition) is 0. The third-order valence-electron chi connectivity index (χ3n) is 1.43. The lowest BCUT2D eigenvalue weighted by atomic mass is 10.2. The first kappa shape index (κ1) is 10.8. The summed E-state index contributed by atoms with van der Waals surface area (Å²) in [4.78, 5) is 3.55. The number of pyridine rings is 1. The molecule has 1 aromatic heterocycles. The maximum Gasteiger partial charge on any atom is 0.268 e. The van der Waals surface area contributed by atoms with Crippen LogP contribution in [0.15, 0.2) is 6.20 Å². The fourth-order valence-electron chi connectivity index (χ4n) is 0.814. The first-order chi connectivity index (χ1) is 6.07. The van der Waals surface area contributed by atoms with Gasteiger partial charge in [0.15, 0.2) is 5.82 Å². The molecule has 0 radical (unpaired) electrons. The van der Waals surface area contributed by atoms with Gasteiger partial charge in [0.05, 0.1) is 16.3 Å². The van der Waals surface area contributed by atoms with Gasteiger partial charge in [-0.2, -0.15) is 0 Å². The lowest BCUT2D eigenvalue weighted by Gasteiger charge is -2.06. The van der Waals surface area contributed by atoms with E-state index in [1.807, 2.05) is 0 Å². The van der Waals surface area contributed by atoms with Crippen LogP contribution in [0.3, 0.4) is 0 Å². The Morgan fingerprint density at radius 3 is 2.62 bits per heavy atom. The van der Waals surface area contributed by atoms with Crippen molar-refractivity contribution >= 4 is 27.5 Å². The van der Waals surface area contributed by atoms with Crippen LogP contribution in [0, 0.1) is 5.82 Å². The first-order valence-electron chi connectivity index (χ1n) is 3.24. The van der Waals surface area contributed by atoms with Gasteiger partial charge >= 0.3 is 0 Å². The highest BCUT2D eigenvalue weighted by molar-refractivity contribution is 9.08. The summed E-state index contributed by atoms with van der Waals surface area (Å²) in [5, 5.41) is -0.271. The van der Waals surface area contributed by atoms with Gasteiger partial charge in [-0.1, -0.05) is 27.5 Å². The highest BCUT2D eigenvalue weighted by Gasteiger charge is 2.20. The molecular formula is C7H4BrClF3N. The Bertz CT molecular complexity index is 319. The van der Waals surface area contributed by atoms with E-state index in [2.05, 4.69) is 20.9 Å². The summed E-state index contributed by atoms with van der Waals surface area (Å²) in [6, 6.07) is 0. The second kappa shape index (κ2) is 4.28.